The van der Waals surface area contributed by atoms with Gasteiger partial charge in [0.2, 0.25) is 6.79 Å². The molecule has 2 heterocycles. The highest BCUT2D eigenvalue weighted by Crippen LogP contribution is 2.35. The maximum atomic E-state index is 12.8. The number of benzene rings is 3. The first-order valence-electron chi connectivity index (χ1n) is 9.50. The lowest BCUT2D eigenvalue weighted by atomic mass is 10.2. The Morgan fingerprint density at radius 1 is 0.968 bits per heavy atom. The van der Waals surface area contributed by atoms with Gasteiger partial charge >= 0.3 is 0 Å². The zero-order valence-electron chi connectivity index (χ0n) is 16.2. The van der Waals surface area contributed by atoms with Crippen molar-refractivity contribution in [3.05, 3.63) is 83.9 Å². The molecule has 0 bridgehead atoms. The number of para-hydroxylation sites is 3. The molecule has 0 saturated carbocycles. The molecule has 4 aromatic rings. The Bertz CT molecular complexity index is 1230. The number of carbonyl (C=O) groups is 1. The molecular formula is C23H17N3O4S. The monoisotopic (exact) mass is 431 g/mol. The van der Waals surface area contributed by atoms with Gasteiger partial charge in [-0.15, -0.1) is 11.3 Å². The Morgan fingerprint density at radius 2 is 1.77 bits per heavy atom. The second-order valence-electron chi connectivity index (χ2n) is 6.60. The summed E-state index contributed by atoms with van der Waals surface area (Å²) in [7, 11) is 0. The lowest BCUT2D eigenvalue weighted by Crippen LogP contribution is -2.13. The van der Waals surface area contributed by atoms with E-state index >= 15 is 0 Å². The number of hydrogen-bond donors (Lipinski definition) is 2. The first-order valence-corrected chi connectivity index (χ1v) is 10.4. The summed E-state index contributed by atoms with van der Waals surface area (Å²) in [6.45, 7) is 0.218. The number of rotatable bonds is 6. The van der Waals surface area contributed by atoms with E-state index in [0.717, 1.165) is 5.69 Å². The summed E-state index contributed by atoms with van der Waals surface area (Å²) in [4.78, 5) is 17.1. The maximum absolute atomic E-state index is 12.8. The van der Waals surface area contributed by atoms with Crippen LogP contribution in [0.1, 0.15) is 10.5 Å². The second kappa shape index (κ2) is 8.37. The molecule has 0 aliphatic carbocycles. The molecule has 5 rings (SSSR count). The molecule has 1 aromatic heterocycles. The van der Waals surface area contributed by atoms with Gasteiger partial charge in [-0.25, -0.2) is 4.98 Å². The smallest absolute Gasteiger partial charge is 0.275 e. The van der Waals surface area contributed by atoms with Crippen LogP contribution in [0.3, 0.4) is 0 Å². The average molecular weight is 431 g/mol. The fraction of sp³-hybridized carbons (Fsp3) is 0.0435. The molecule has 0 saturated heterocycles. The van der Waals surface area contributed by atoms with Crippen molar-refractivity contribution in [1.82, 2.24) is 4.98 Å². The SMILES string of the molecule is O=C(Nc1ccccc1Oc1ccccc1)c1csc(Nc2ccc3c(c2)OCO3)n1. The van der Waals surface area contributed by atoms with Gasteiger partial charge in [-0.3, -0.25) is 4.79 Å². The summed E-state index contributed by atoms with van der Waals surface area (Å²) < 4.78 is 16.6. The summed E-state index contributed by atoms with van der Waals surface area (Å²) in [5.41, 5.74) is 1.67. The number of nitrogens with zero attached hydrogens (tertiary/aromatic N) is 1. The van der Waals surface area contributed by atoms with Crippen molar-refractivity contribution in [2.75, 3.05) is 17.4 Å². The Morgan fingerprint density at radius 3 is 2.68 bits per heavy atom. The van der Waals surface area contributed by atoms with Crippen LogP contribution < -0.4 is 24.8 Å². The highest BCUT2D eigenvalue weighted by molar-refractivity contribution is 7.14. The van der Waals surface area contributed by atoms with Crippen LogP contribution in [0.15, 0.2) is 78.2 Å². The molecule has 8 heteroatoms. The Hall–Kier alpha value is -4.04. The van der Waals surface area contributed by atoms with Gasteiger partial charge in [-0.1, -0.05) is 30.3 Å². The number of amides is 1. The van der Waals surface area contributed by atoms with E-state index in [1.807, 2.05) is 60.7 Å². The van der Waals surface area contributed by atoms with Crippen molar-refractivity contribution in [1.29, 1.82) is 0 Å². The van der Waals surface area contributed by atoms with Crippen LogP contribution in [-0.4, -0.2) is 17.7 Å². The molecule has 0 spiro atoms. The molecule has 0 atom stereocenters. The molecule has 154 valence electrons. The van der Waals surface area contributed by atoms with Gasteiger partial charge in [0, 0.05) is 17.1 Å². The van der Waals surface area contributed by atoms with Crippen molar-refractivity contribution < 1.29 is 19.0 Å². The van der Waals surface area contributed by atoms with Crippen LogP contribution in [0.4, 0.5) is 16.5 Å². The molecule has 1 aliphatic heterocycles. The van der Waals surface area contributed by atoms with Crippen LogP contribution in [0.5, 0.6) is 23.0 Å². The van der Waals surface area contributed by atoms with Crippen molar-refractivity contribution in [3.63, 3.8) is 0 Å². The Labute approximate surface area is 182 Å². The van der Waals surface area contributed by atoms with Crippen LogP contribution in [0.2, 0.25) is 0 Å². The number of thiazole rings is 1. The largest absolute Gasteiger partial charge is 0.455 e. The molecule has 31 heavy (non-hydrogen) atoms. The van der Waals surface area contributed by atoms with Gasteiger partial charge in [0.25, 0.3) is 5.91 Å². The van der Waals surface area contributed by atoms with E-state index in [2.05, 4.69) is 15.6 Å². The predicted octanol–water partition coefficient (Wildman–Crippen LogP) is 5.66. The van der Waals surface area contributed by atoms with E-state index in [1.165, 1.54) is 11.3 Å². The normalized spacial score (nSPS) is 11.7. The fourth-order valence-electron chi connectivity index (χ4n) is 2.99. The summed E-state index contributed by atoms with van der Waals surface area (Å²) in [5, 5.41) is 8.35. The van der Waals surface area contributed by atoms with E-state index in [0.29, 0.717) is 39.5 Å². The minimum atomic E-state index is -0.320. The molecule has 1 aliphatic rings. The summed E-state index contributed by atoms with van der Waals surface area (Å²) >= 11 is 1.34. The second-order valence-corrected chi connectivity index (χ2v) is 7.45. The van der Waals surface area contributed by atoms with E-state index in [4.69, 9.17) is 14.2 Å². The zero-order chi connectivity index (χ0) is 21.0. The Balaban J connectivity index is 1.28. The highest BCUT2D eigenvalue weighted by Gasteiger charge is 2.16. The Kier molecular flexibility index (Phi) is 5.12. The number of ether oxygens (including phenoxy) is 3. The van der Waals surface area contributed by atoms with Gasteiger partial charge in [-0.05, 0) is 36.4 Å². The molecule has 1 amide bonds. The van der Waals surface area contributed by atoms with Crippen LogP contribution in [0.25, 0.3) is 0 Å². The van der Waals surface area contributed by atoms with Crippen LogP contribution in [-0.2, 0) is 0 Å². The summed E-state index contributed by atoms with van der Waals surface area (Å²) in [6, 6.07) is 22.2. The van der Waals surface area contributed by atoms with Gasteiger partial charge in [0.05, 0.1) is 5.69 Å². The van der Waals surface area contributed by atoms with Crippen molar-refractivity contribution in [2.24, 2.45) is 0 Å². The molecule has 0 fully saturated rings. The lowest BCUT2D eigenvalue weighted by Gasteiger charge is -2.11. The molecule has 3 aromatic carbocycles. The summed E-state index contributed by atoms with van der Waals surface area (Å²) in [6.07, 6.45) is 0. The fourth-order valence-corrected chi connectivity index (χ4v) is 3.70. The first kappa shape index (κ1) is 19.0. The molecule has 0 radical (unpaired) electrons. The van der Waals surface area contributed by atoms with Gasteiger partial charge < -0.3 is 24.8 Å². The van der Waals surface area contributed by atoms with Crippen molar-refractivity contribution >= 4 is 33.8 Å². The number of aromatic nitrogens is 1. The van der Waals surface area contributed by atoms with E-state index < -0.39 is 0 Å². The number of nitrogens with one attached hydrogen (secondary N) is 2. The van der Waals surface area contributed by atoms with Gasteiger partial charge in [-0.2, -0.15) is 0 Å². The highest BCUT2D eigenvalue weighted by atomic mass is 32.1. The zero-order valence-corrected chi connectivity index (χ0v) is 17.0. The van der Waals surface area contributed by atoms with Gasteiger partial charge in [0.1, 0.15) is 11.4 Å². The quantitative estimate of drug-likeness (QED) is 0.410. The van der Waals surface area contributed by atoms with Gasteiger partial charge in [0.15, 0.2) is 22.4 Å². The number of fused-ring (bicyclic) bond motifs is 1. The molecule has 2 N–H and O–H groups in total. The average Bonchev–Trinajstić information content (AvgIpc) is 3.45. The maximum Gasteiger partial charge on any atom is 0.275 e. The number of anilines is 3. The van der Waals surface area contributed by atoms with Crippen LogP contribution >= 0.6 is 11.3 Å². The van der Waals surface area contributed by atoms with Crippen LogP contribution in [0, 0.1) is 0 Å². The van der Waals surface area contributed by atoms with Crippen molar-refractivity contribution in [3.8, 4) is 23.0 Å². The molecule has 0 unspecified atom stereocenters. The van der Waals surface area contributed by atoms with E-state index in [9.17, 15) is 4.79 Å². The van der Waals surface area contributed by atoms with Crippen molar-refractivity contribution in [2.45, 2.75) is 0 Å². The third kappa shape index (κ3) is 4.29. The molecular weight excluding hydrogens is 414 g/mol. The third-order valence-corrected chi connectivity index (χ3v) is 5.22. The first-order chi connectivity index (χ1) is 15.2. The number of carbonyl (C=O) groups excluding carboxylic acids is 1. The summed E-state index contributed by atoms with van der Waals surface area (Å²) in [5.74, 6) is 2.30. The topological polar surface area (TPSA) is 81.7 Å². The third-order valence-electron chi connectivity index (χ3n) is 4.47. The standard InChI is InChI=1S/C23H17N3O4S/c27-22(25-17-8-4-5-9-19(17)30-16-6-2-1-3-7-16)18-13-31-23(26-18)24-15-10-11-20-21(12-15)29-14-28-20/h1-13H,14H2,(H,24,26)(H,25,27). The minimum absolute atomic E-state index is 0.218. The lowest BCUT2D eigenvalue weighted by molar-refractivity contribution is 0.102. The van der Waals surface area contributed by atoms with E-state index in [1.54, 1.807) is 17.5 Å². The number of hydrogen-bond acceptors (Lipinski definition) is 7. The van der Waals surface area contributed by atoms with E-state index in [-0.39, 0.29) is 12.7 Å². The predicted molar refractivity (Wildman–Crippen MR) is 119 cm³/mol. The minimum Gasteiger partial charge on any atom is -0.455 e. The molecule has 7 nitrogen and oxygen atoms in total.